The number of aromatic nitrogens is 2. The van der Waals surface area contributed by atoms with Crippen molar-refractivity contribution in [2.24, 2.45) is 0 Å². The quantitative estimate of drug-likeness (QED) is 0.309. The summed E-state index contributed by atoms with van der Waals surface area (Å²) in [6.07, 6.45) is 1.83. The topological polar surface area (TPSA) is 44.1 Å². The number of hydrogen-bond donors (Lipinski definition) is 0. The Labute approximate surface area is 177 Å². The third-order valence-corrected chi connectivity index (χ3v) is 5.55. The van der Waals surface area contributed by atoms with Crippen LogP contribution in [0.2, 0.25) is 0 Å². The Morgan fingerprint density at radius 2 is 1.24 bits per heavy atom. The Balaban J connectivity index is 2.11. The zero-order valence-corrected chi connectivity index (χ0v) is 17.4. The standard InChI is InChI=1S/C24H19BrN2O2/c1-29-23(28)22-21(25)17-27(26-22)24(18-11-5-2-6-12-18,19-13-7-3-8-14-19)20-15-9-4-10-16-20/h2-17H,1H3. The van der Waals surface area contributed by atoms with Crippen molar-refractivity contribution >= 4 is 21.9 Å². The van der Waals surface area contributed by atoms with Gasteiger partial charge in [-0.05, 0) is 32.6 Å². The highest BCUT2D eigenvalue weighted by molar-refractivity contribution is 9.10. The van der Waals surface area contributed by atoms with Crippen molar-refractivity contribution < 1.29 is 9.53 Å². The molecule has 0 unspecified atom stereocenters. The van der Waals surface area contributed by atoms with Crippen molar-refractivity contribution in [1.82, 2.24) is 9.78 Å². The predicted octanol–water partition coefficient (Wildman–Crippen LogP) is 5.27. The van der Waals surface area contributed by atoms with Crippen LogP contribution in [0.1, 0.15) is 27.2 Å². The smallest absolute Gasteiger partial charge is 0.359 e. The van der Waals surface area contributed by atoms with E-state index in [2.05, 4.69) is 57.4 Å². The van der Waals surface area contributed by atoms with Crippen molar-refractivity contribution in [2.45, 2.75) is 5.54 Å². The Morgan fingerprint density at radius 1 is 0.828 bits per heavy atom. The maximum atomic E-state index is 12.3. The average Bonchev–Trinajstić information content (AvgIpc) is 3.18. The summed E-state index contributed by atoms with van der Waals surface area (Å²) < 4.78 is 7.33. The van der Waals surface area contributed by atoms with Gasteiger partial charge in [0.1, 0.15) is 5.54 Å². The molecule has 29 heavy (non-hydrogen) atoms. The highest BCUT2D eigenvalue weighted by Gasteiger charge is 2.40. The first-order valence-electron chi connectivity index (χ1n) is 9.18. The fourth-order valence-electron chi connectivity index (χ4n) is 3.69. The second-order valence-electron chi connectivity index (χ2n) is 6.57. The molecule has 0 aliphatic carbocycles. The fraction of sp³-hybridized carbons (Fsp3) is 0.0833. The van der Waals surface area contributed by atoms with Gasteiger partial charge in [0.2, 0.25) is 0 Å². The molecule has 4 aromatic rings. The minimum absolute atomic E-state index is 0.236. The number of carbonyl (C=O) groups is 1. The van der Waals surface area contributed by atoms with E-state index < -0.39 is 11.5 Å². The van der Waals surface area contributed by atoms with E-state index in [1.54, 1.807) is 0 Å². The molecule has 0 saturated carbocycles. The van der Waals surface area contributed by atoms with Crippen LogP contribution in [0.5, 0.6) is 0 Å². The van der Waals surface area contributed by atoms with Gasteiger partial charge in [0.25, 0.3) is 0 Å². The minimum Gasteiger partial charge on any atom is -0.464 e. The zero-order valence-electron chi connectivity index (χ0n) is 15.8. The second-order valence-corrected chi connectivity index (χ2v) is 7.42. The van der Waals surface area contributed by atoms with Gasteiger partial charge in [0.05, 0.1) is 11.6 Å². The number of hydrogen-bond acceptors (Lipinski definition) is 3. The monoisotopic (exact) mass is 446 g/mol. The van der Waals surface area contributed by atoms with Gasteiger partial charge in [-0.3, -0.25) is 4.68 Å². The number of benzene rings is 3. The molecule has 0 fully saturated rings. The van der Waals surface area contributed by atoms with Gasteiger partial charge in [-0.1, -0.05) is 91.0 Å². The molecule has 0 radical (unpaired) electrons. The lowest BCUT2D eigenvalue weighted by Gasteiger charge is -2.36. The largest absolute Gasteiger partial charge is 0.464 e. The molecule has 0 aliphatic heterocycles. The lowest BCUT2D eigenvalue weighted by molar-refractivity contribution is 0.0591. The van der Waals surface area contributed by atoms with Gasteiger partial charge in [-0.15, -0.1) is 0 Å². The third-order valence-electron chi connectivity index (χ3n) is 4.97. The summed E-state index contributed by atoms with van der Waals surface area (Å²) in [4.78, 5) is 12.3. The molecule has 4 rings (SSSR count). The van der Waals surface area contributed by atoms with Crippen molar-refractivity contribution in [2.75, 3.05) is 7.11 Å². The van der Waals surface area contributed by atoms with Gasteiger partial charge in [0.15, 0.2) is 5.69 Å². The summed E-state index contributed by atoms with van der Waals surface area (Å²) in [6.45, 7) is 0. The first kappa shape index (κ1) is 19.2. The van der Waals surface area contributed by atoms with Crippen molar-refractivity contribution in [3.63, 3.8) is 0 Å². The molecule has 0 bridgehead atoms. The van der Waals surface area contributed by atoms with Crippen LogP contribution >= 0.6 is 15.9 Å². The number of rotatable bonds is 5. The summed E-state index contributed by atoms with van der Waals surface area (Å²) in [7, 11) is 1.35. The SMILES string of the molecule is COC(=O)c1nn(C(c2ccccc2)(c2ccccc2)c2ccccc2)cc1Br. The molecule has 4 nitrogen and oxygen atoms in total. The molecule has 0 saturated heterocycles. The van der Waals surface area contributed by atoms with Crippen LogP contribution in [0.3, 0.4) is 0 Å². The summed E-state index contributed by atoms with van der Waals surface area (Å²) in [6, 6.07) is 30.5. The molecule has 0 amide bonds. The maximum absolute atomic E-state index is 12.3. The van der Waals surface area contributed by atoms with Crippen LogP contribution in [0.15, 0.2) is 102 Å². The van der Waals surface area contributed by atoms with E-state index in [1.807, 2.05) is 65.5 Å². The number of nitrogens with zero attached hydrogens (tertiary/aromatic N) is 2. The zero-order chi connectivity index (χ0) is 20.3. The molecule has 3 aromatic carbocycles. The van der Waals surface area contributed by atoms with Crippen molar-refractivity contribution in [1.29, 1.82) is 0 Å². The molecular formula is C24H19BrN2O2. The third kappa shape index (κ3) is 3.28. The maximum Gasteiger partial charge on any atom is 0.359 e. The second kappa shape index (κ2) is 8.05. The summed E-state index contributed by atoms with van der Waals surface area (Å²) >= 11 is 3.48. The van der Waals surface area contributed by atoms with Gasteiger partial charge < -0.3 is 4.74 Å². The van der Waals surface area contributed by atoms with E-state index in [0.717, 1.165) is 16.7 Å². The summed E-state index contributed by atoms with van der Waals surface area (Å²) in [5.41, 5.74) is 2.56. The Hall–Kier alpha value is -3.18. The fourth-order valence-corrected chi connectivity index (χ4v) is 4.13. The highest BCUT2D eigenvalue weighted by atomic mass is 79.9. The highest BCUT2D eigenvalue weighted by Crippen LogP contribution is 2.41. The molecule has 144 valence electrons. The number of halogens is 1. The van der Waals surface area contributed by atoms with Crippen LogP contribution in [-0.2, 0) is 10.3 Å². The minimum atomic E-state index is -0.765. The van der Waals surface area contributed by atoms with E-state index in [4.69, 9.17) is 4.74 Å². The van der Waals surface area contributed by atoms with Gasteiger partial charge >= 0.3 is 5.97 Å². The van der Waals surface area contributed by atoms with Gasteiger partial charge in [0, 0.05) is 6.20 Å². The average molecular weight is 447 g/mol. The number of methoxy groups -OCH3 is 1. The first-order valence-corrected chi connectivity index (χ1v) is 9.97. The lowest BCUT2D eigenvalue weighted by atomic mass is 9.77. The van der Waals surface area contributed by atoms with Gasteiger partial charge in [-0.25, -0.2) is 4.79 Å². The summed E-state index contributed by atoms with van der Waals surface area (Å²) in [5.74, 6) is -0.487. The van der Waals surface area contributed by atoms with Crippen LogP contribution < -0.4 is 0 Å². The lowest BCUT2D eigenvalue weighted by Crippen LogP contribution is -2.38. The van der Waals surface area contributed by atoms with Crippen molar-refractivity contribution in [3.05, 3.63) is 124 Å². The van der Waals surface area contributed by atoms with E-state index in [-0.39, 0.29) is 5.69 Å². The van der Waals surface area contributed by atoms with Crippen LogP contribution in [0.4, 0.5) is 0 Å². The van der Waals surface area contributed by atoms with Crippen LogP contribution in [0.25, 0.3) is 0 Å². The Morgan fingerprint density at radius 3 is 1.62 bits per heavy atom. The van der Waals surface area contributed by atoms with E-state index in [1.165, 1.54) is 7.11 Å². The van der Waals surface area contributed by atoms with Crippen LogP contribution in [0, 0.1) is 0 Å². The van der Waals surface area contributed by atoms with Crippen LogP contribution in [-0.4, -0.2) is 22.9 Å². The van der Waals surface area contributed by atoms with Crippen molar-refractivity contribution in [3.8, 4) is 0 Å². The first-order chi connectivity index (χ1) is 14.2. The Kier molecular flexibility index (Phi) is 5.32. The number of ether oxygens (including phenoxy) is 1. The molecule has 1 aromatic heterocycles. The molecular weight excluding hydrogens is 428 g/mol. The molecule has 0 atom stereocenters. The van der Waals surface area contributed by atoms with E-state index in [9.17, 15) is 4.79 Å². The number of carbonyl (C=O) groups excluding carboxylic acids is 1. The Bertz CT molecular complexity index is 1010. The molecule has 5 heteroatoms. The predicted molar refractivity (Wildman–Crippen MR) is 116 cm³/mol. The van der Waals surface area contributed by atoms with E-state index >= 15 is 0 Å². The molecule has 0 spiro atoms. The van der Waals surface area contributed by atoms with E-state index in [0.29, 0.717) is 4.47 Å². The normalized spacial score (nSPS) is 11.2. The summed E-state index contributed by atoms with van der Waals surface area (Å²) in [5, 5.41) is 4.68. The number of esters is 1. The molecule has 0 N–H and O–H groups in total. The van der Waals surface area contributed by atoms with Gasteiger partial charge in [-0.2, -0.15) is 5.10 Å². The molecule has 0 aliphatic rings. The molecule has 1 heterocycles.